The van der Waals surface area contributed by atoms with E-state index >= 15 is 4.39 Å². The van der Waals surface area contributed by atoms with Crippen LogP contribution < -0.4 is 10.2 Å². The van der Waals surface area contributed by atoms with E-state index in [0.29, 0.717) is 22.5 Å². The second-order valence-corrected chi connectivity index (χ2v) is 9.58. The van der Waals surface area contributed by atoms with Crippen LogP contribution in [0.5, 0.6) is 0 Å². The molecule has 0 aliphatic carbocycles. The van der Waals surface area contributed by atoms with E-state index in [9.17, 15) is 18.7 Å². The summed E-state index contributed by atoms with van der Waals surface area (Å²) in [5, 5.41) is 13.7. The number of carbonyl (C=O) groups excluding carboxylic acids is 1. The molecule has 6 nitrogen and oxygen atoms in total. The average Bonchev–Trinajstić information content (AvgIpc) is 2.76. The standard InChI is InChI=1S/C26H31F3N4O2/c1-14(13-34)18-11-21-19(12-22(18)33(6)7)24(32-16(3)31-21)30-15(2)17-9-8-10-20(23(17)27)26(28,29)25(4,5)35/h8-15,35H,1-7H3,(H,30,31,32)/t14?,15-/m1/s1. The van der Waals surface area contributed by atoms with Gasteiger partial charge in [-0.1, -0.05) is 19.1 Å². The SMILES string of the molecule is Cc1nc(N[C@H](C)c2cccc(C(F)(F)C(C)(C)O)c2F)c2cc(N(C)C)c(C(C)C=O)cc2n1. The Bertz CT molecular complexity index is 1260. The van der Waals surface area contributed by atoms with Crippen LogP contribution in [-0.2, 0) is 10.7 Å². The number of halogens is 3. The van der Waals surface area contributed by atoms with Gasteiger partial charge in [-0.25, -0.2) is 14.4 Å². The minimum atomic E-state index is -3.79. The first-order valence-electron chi connectivity index (χ1n) is 11.3. The van der Waals surface area contributed by atoms with E-state index in [-0.39, 0.29) is 11.5 Å². The second-order valence-electron chi connectivity index (χ2n) is 9.58. The smallest absolute Gasteiger partial charge is 0.303 e. The van der Waals surface area contributed by atoms with Gasteiger partial charge in [0.25, 0.3) is 0 Å². The molecule has 3 aromatic rings. The van der Waals surface area contributed by atoms with Crippen LogP contribution in [0.4, 0.5) is 24.7 Å². The number of fused-ring (bicyclic) bond motifs is 1. The lowest BCUT2D eigenvalue weighted by Gasteiger charge is -2.30. The highest BCUT2D eigenvalue weighted by Gasteiger charge is 2.49. The van der Waals surface area contributed by atoms with Crippen molar-refractivity contribution < 1.29 is 23.1 Å². The molecule has 0 bridgehead atoms. The van der Waals surface area contributed by atoms with Gasteiger partial charge in [0.15, 0.2) is 0 Å². The Kier molecular flexibility index (Phi) is 7.13. The van der Waals surface area contributed by atoms with Crippen LogP contribution in [-0.4, -0.2) is 41.1 Å². The van der Waals surface area contributed by atoms with Crippen LogP contribution in [0.3, 0.4) is 0 Å². The number of carbonyl (C=O) groups is 1. The number of aromatic nitrogens is 2. The number of aryl methyl sites for hydroxylation is 1. The summed E-state index contributed by atoms with van der Waals surface area (Å²) < 4.78 is 44.8. The monoisotopic (exact) mass is 488 g/mol. The molecule has 3 rings (SSSR count). The molecule has 0 aliphatic heterocycles. The van der Waals surface area contributed by atoms with Crippen molar-refractivity contribution in [3.63, 3.8) is 0 Å². The third-order valence-electron chi connectivity index (χ3n) is 6.09. The average molecular weight is 489 g/mol. The minimum absolute atomic E-state index is 0.00914. The number of alkyl halides is 2. The van der Waals surface area contributed by atoms with Gasteiger partial charge in [-0.05, 0) is 51.5 Å². The number of aldehydes is 1. The highest BCUT2D eigenvalue weighted by atomic mass is 19.3. The van der Waals surface area contributed by atoms with Crippen LogP contribution in [0.15, 0.2) is 30.3 Å². The fourth-order valence-corrected chi connectivity index (χ4v) is 3.97. The molecule has 2 N–H and O–H groups in total. The van der Waals surface area contributed by atoms with Gasteiger partial charge in [-0.2, -0.15) is 8.78 Å². The molecule has 0 saturated heterocycles. The molecule has 0 aliphatic rings. The van der Waals surface area contributed by atoms with Gasteiger partial charge in [0.1, 0.15) is 29.3 Å². The van der Waals surface area contributed by atoms with Crippen molar-refractivity contribution in [1.29, 1.82) is 0 Å². The lowest BCUT2D eigenvalue weighted by Crippen LogP contribution is -2.41. The highest BCUT2D eigenvalue weighted by molar-refractivity contribution is 5.94. The number of anilines is 2. The minimum Gasteiger partial charge on any atom is -0.384 e. The Morgan fingerprint density at radius 3 is 2.34 bits per heavy atom. The number of nitrogens with one attached hydrogen (secondary N) is 1. The molecule has 35 heavy (non-hydrogen) atoms. The normalized spacial score (nSPS) is 14.0. The molecule has 0 spiro atoms. The summed E-state index contributed by atoms with van der Waals surface area (Å²) in [7, 11) is 3.72. The van der Waals surface area contributed by atoms with Crippen molar-refractivity contribution in [2.75, 3.05) is 24.3 Å². The molecule has 9 heteroatoms. The maximum atomic E-state index is 15.3. The number of benzene rings is 2. The molecular formula is C26H31F3N4O2. The van der Waals surface area contributed by atoms with E-state index in [0.717, 1.165) is 37.5 Å². The first kappa shape index (κ1) is 26.4. The molecule has 2 atom stereocenters. The number of aliphatic hydroxyl groups is 1. The van der Waals surface area contributed by atoms with E-state index in [4.69, 9.17) is 0 Å². The van der Waals surface area contributed by atoms with Crippen LogP contribution in [0.25, 0.3) is 10.9 Å². The van der Waals surface area contributed by atoms with Gasteiger partial charge >= 0.3 is 5.92 Å². The lowest BCUT2D eigenvalue weighted by molar-refractivity contribution is -0.170. The Balaban J connectivity index is 2.11. The highest BCUT2D eigenvalue weighted by Crippen LogP contribution is 2.41. The summed E-state index contributed by atoms with van der Waals surface area (Å²) in [6, 6.07) is 6.69. The van der Waals surface area contributed by atoms with Crippen molar-refractivity contribution in [3.8, 4) is 0 Å². The molecule has 2 aromatic carbocycles. The zero-order valence-corrected chi connectivity index (χ0v) is 20.9. The first-order valence-corrected chi connectivity index (χ1v) is 11.3. The fourth-order valence-electron chi connectivity index (χ4n) is 3.97. The van der Waals surface area contributed by atoms with E-state index in [2.05, 4.69) is 15.3 Å². The summed E-state index contributed by atoms with van der Waals surface area (Å²) in [5.74, 6) is -4.37. The fraction of sp³-hybridized carbons (Fsp3) is 0.423. The predicted octanol–water partition coefficient (Wildman–Crippen LogP) is 5.48. The second kappa shape index (κ2) is 9.45. The Labute approximate surface area is 203 Å². The van der Waals surface area contributed by atoms with Gasteiger partial charge in [0, 0.05) is 36.7 Å². The van der Waals surface area contributed by atoms with Crippen molar-refractivity contribution in [2.24, 2.45) is 0 Å². The van der Waals surface area contributed by atoms with Crippen LogP contribution in [0.1, 0.15) is 62.2 Å². The van der Waals surface area contributed by atoms with Crippen LogP contribution in [0, 0.1) is 12.7 Å². The van der Waals surface area contributed by atoms with Crippen molar-refractivity contribution >= 4 is 28.7 Å². The molecule has 188 valence electrons. The molecule has 1 unspecified atom stereocenters. The van der Waals surface area contributed by atoms with Gasteiger partial charge < -0.3 is 20.1 Å². The van der Waals surface area contributed by atoms with Crippen molar-refractivity contribution in [2.45, 2.75) is 58.1 Å². The Hall–Kier alpha value is -3.20. The van der Waals surface area contributed by atoms with E-state index < -0.39 is 28.9 Å². The molecule has 0 fully saturated rings. The number of nitrogens with zero attached hydrogens (tertiary/aromatic N) is 3. The van der Waals surface area contributed by atoms with E-state index in [1.165, 1.54) is 12.1 Å². The van der Waals surface area contributed by atoms with Gasteiger partial charge in [0.05, 0.1) is 17.1 Å². The molecule has 0 amide bonds. The first-order chi connectivity index (χ1) is 16.2. The van der Waals surface area contributed by atoms with E-state index in [1.807, 2.05) is 31.1 Å². The third-order valence-corrected chi connectivity index (χ3v) is 6.09. The van der Waals surface area contributed by atoms with Crippen LogP contribution in [0.2, 0.25) is 0 Å². The largest absolute Gasteiger partial charge is 0.384 e. The summed E-state index contributed by atoms with van der Waals surface area (Å²) >= 11 is 0. The Morgan fingerprint density at radius 1 is 1.11 bits per heavy atom. The quantitative estimate of drug-likeness (QED) is 0.409. The van der Waals surface area contributed by atoms with E-state index in [1.54, 1.807) is 20.8 Å². The van der Waals surface area contributed by atoms with Gasteiger partial charge in [-0.3, -0.25) is 0 Å². The number of hydrogen-bond acceptors (Lipinski definition) is 6. The van der Waals surface area contributed by atoms with Crippen LogP contribution >= 0.6 is 0 Å². The van der Waals surface area contributed by atoms with Crippen molar-refractivity contribution in [1.82, 2.24) is 9.97 Å². The number of hydrogen-bond donors (Lipinski definition) is 2. The topological polar surface area (TPSA) is 78.4 Å². The zero-order valence-electron chi connectivity index (χ0n) is 20.9. The maximum absolute atomic E-state index is 15.3. The Morgan fingerprint density at radius 2 is 1.77 bits per heavy atom. The zero-order chi connectivity index (χ0) is 26.3. The van der Waals surface area contributed by atoms with Crippen molar-refractivity contribution in [3.05, 3.63) is 58.7 Å². The molecular weight excluding hydrogens is 457 g/mol. The van der Waals surface area contributed by atoms with Gasteiger partial charge in [-0.15, -0.1) is 0 Å². The lowest BCUT2D eigenvalue weighted by atomic mass is 9.91. The third kappa shape index (κ3) is 4.96. The summed E-state index contributed by atoms with van der Waals surface area (Å²) in [6.07, 6.45) is 0.864. The summed E-state index contributed by atoms with van der Waals surface area (Å²) in [5.41, 5.74) is -1.09. The summed E-state index contributed by atoms with van der Waals surface area (Å²) in [6.45, 7) is 7.04. The molecule has 0 radical (unpaired) electrons. The van der Waals surface area contributed by atoms with Gasteiger partial charge in [0.2, 0.25) is 0 Å². The molecule has 1 heterocycles. The summed E-state index contributed by atoms with van der Waals surface area (Å²) in [4.78, 5) is 22.3. The number of rotatable bonds is 8. The maximum Gasteiger partial charge on any atom is 0.303 e. The predicted molar refractivity (Wildman–Crippen MR) is 132 cm³/mol. The molecule has 1 aromatic heterocycles. The molecule has 0 saturated carbocycles.